The second kappa shape index (κ2) is 4.14. The van der Waals surface area contributed by atoms with Crippen LogP contribution in [0.3, 0.4) is 0 Å². The number of sulfone groups is 1. The van der Waals surface area contributed by atoms with Crippen molar-refractivity contribution in [3.05, 3.63) is 23.2 Å². The van der Waals surface area contributed by atoms with Crippen molar-refractivity contribution in [1.82, 2.24) is 0 Å². The first-order valence-electron chi connectivity index (χ1n) is 4.98. The quantitative estimate of drug-likeness (QED) is 0.791. The Bertz CT molecular complexity index is 502. The minimum atomic E-state index is -2.87. The van der Waals surface area contributed by atoms with E-state index in [4.69, 9.17) is 17.3 Å². The average Bonchev–Trinajstić information content (AvgIpc) is 2.51. The SMILES string of the molecule is Nc1ccc(NC2CCS(=O)(=O)C2)c(Cl)c1. The second-order valence-corrected chi connectivity index (χ2v) is 6.62. The van der Waals surface area contributed by atoms with Crippen LogP contribution in [0.2, 0.25) is 5.02 Å². The minimum absolute atomic E-state index is 0.0499. The summed E-state index contributed by atoms with van der Waals surface area (Å²) in [5.74, 6) is 0.422. The van der Waals surface area contributed by atoms with E-state index in [1.807, 2.05) is 0 Å². The third-order valence-corrected chi connectivity index (χ3v) is 4.67. The highest BCUT2D eigenvalue weighted by Gasteiger charge is 2.27. The molecule has 1 aliphatic rings. The van der Waals surface area contributed by atoms with Crippen molar-refractivity contribution >= 4 is 32.8 Å². The van der Waals surface area contributed by atoms with Gasteiger partial charge in [-0.3, -0.25) is 0 Å². The molecule has 1 unspecified atom stereocenters. The fourth-order valence-electron chi connectivity index (χ4n) is 1.78. The molecule has 1 aromatic carbocycles. The lowest BCUT2D eigenvalue weighted by Crippen LogP contribution is -2.20. The molecular formula is C10H13ClN2O2S. The second-order valence-electron chi connectivity index (χ2n) is 3.98. The smallest absolute Gasteiger partial charge is 0.152 e. The van der Waals surface area contributed by atoms with Gasteiger partial charge in [0.15, 0.2) is 9.84 Å². The number of anilines is 2. The molecule has 0 bridgehead atoms. The zero-order chi connectivity index (χ0) is 11.8. The first kappa shape index (κ1) is 11.5. The van der Waals surface area contributed by atoms with E-state index < -0.39 is 9.84 Å². The zero-order valence-electron chi connectivity index (χ0n) is 8.61. The Balaban J connectivity index is 2.11. The van der Waals surface area contributed by atoms with Gasteiger partial charge in [0, 0.05) is 11.7 Å². The number of nitrogens with two attached hydrogens (primary N) is 1. The van der Waals surface area contributed by atoms with Gasteiger partial charge in [0.25, 0.3) is 0 Å². The molecule has 0 spiro atoms. The molecule has 0 aliphatic carbocycles. The van der Waals surface area contributed by atoms with Crippen LogP contribution in [0.4, 0.5) is 11.4 Å². The molecule has 1 heterocycles. The van der Waals surface area contributed by atoms with Crippen LogP contribution in [0.15, 0.2) is 18.2 Å². The monoisotopic (exact) mass is 260 g/mol. The molecular weight excluding hydrogens is 248 g/mol. The lowest BCUT2D eigenvalue weighted by atomic mass is 10.2. The number of rotatable bonds is 2. The topological polar surface area (TPSA) is 72.2 Å². The zero-order valence-corrected chi connectivity index (χ0v) is 10.2. The van der Waals surface area contributed by atoms with Crippen molar-refractivity contribution in [2.75, 3.05) is 22.6 Å². The van der Waals surface area contributed by atoms with Crippen molar-refractivity contribution in [2.24, 2.45) is 0 Å². The Hall–Kier alpha value is -0.940. The molecule has 1 aliphatic heterocycles. The summed E-state index contributed by atoms with van der Waals surface area (Å²) >= 11 is 5.99. The van der Waals surface area contributed by atoms with Crippen LogP contribution < -0.4 is 11.1 Å². The fraction of sp³-hybridized carbons (Fsp3) is 0.400. The summed E-state index contributed by atoms with van der Waals surface area (Å²) in [6.07, 6.45) is 0.628. The van der Waals surface area contributed by atoms with Crippen LogP contribution in [0.5, 0.6) is 0 Å². The van der Waals surface area contributed by atoms with E-state index in [1.165, 1.54) is 0 Å². The standard InChI is InChI=1S/C10H13ClN2O2S/c11-9-5-7(12)1-2-10(9)13-8-3-4-16(14,15)6-8/h1-2,5,8,13H,3-4,6,12H2. The molecule has 4 nitrogen and oxygen atoms in total. The van der Waals surface area contributed by atoms with E-state index in [9.17, 15) is 8.42 Å². The van der Waals surface area contributed by atoms with Gasteiger partial charge in [-0.15, -0.1) is 0 Å². The van der Waals surface area contributed by atoms with Gasteiger partial charge < -0.3 is 11.1 Å². The Morgan fingerprint density at radius 1 is 1.44 bits per heavy atom. The molecule has 1 saturated heterocycles. The third kappa shape index (κ3) is 2.59. The number of nitrogens with one attached hydrogen (secondary N) is 1. The molecule has 88 valence electrons. The average molecular weight is 261 g/mol. The molecule has 1 atom stereocenters. The summed E-state index contributed by atoms with van der Waals surface area (Å²) < 4.78 is 22.6. The summed E-state index contributed by atoms with van der Waals surface area (Å²) in [6.45, 7) is 0. The van der Waals surface area contributed by atoms with Gasteiger partial charge in [-0.25, -0.2) is 8.42 Å². The summed E-state index contributed by atoms with van der Waals surface area (Å²) in [5, 5.41) is 3.64. The first-order valence-corrected chi connectivity index (χ1v) is 7.18. The van der Waals surface area contributed by atoms with Crippen molar-refractivity contribution in [3.63, 3.8) is 0 Å². The van der Waals surface area contributed by atoms with Crippen LogP contribution in [0.25, 0.3) is 0 Å². The largest absolute Gasteiger partial charge is 0.399 e. The van der Waals surface area contributed by atoms with E-state index in [0.29, 0.717) is 17.1 Å². The Morgan fingerprint density at radius 3 is 2.75 bits per heavy atom. The maximum absolute atomic E-state index is 11.3. The Morgan fingerprint density at radius 2 is 2.19 bits per heavy atom. The van der Waals surface area contributed by atoms with Gasteiger partial charge in [0.1, 0.15) is 0 Å². The normalized spacial score (nSPS) is 23.2. The highest BCUT2D eigenvalue weighted by atomic mass is 35.5. The van der Waals surface area contributed by atoms with Crippen molar-refractivity contribution in [1.29, 1.82) is 0 Å². The van der Waals surface area contributed by atoms with Crippen LogP contribution in [-0.4, -0.2) is 26.0 Å². The van der Waals surface area contributed by atoms with Gasteiger partial charge in [0.05, 0.1) is 22.2 Å². The van der Waals surface area contributed by atoms with Gasteiger partial charge in [0.2, 0.25) is 0 Å². The van der Waals surface area contributed by atoms with E-state index in [2.05, 4.69) is 5.32 Å². The summed E-state index contributed by atoms with van der Waals surface area (Å²) in [5.41, 5.74) is 6.90. The molecule has 1 aromatic rings. The fourth-order valence-corrected chi connectivity index (χ4v) is 3.69. The molecule has 0 saturated carbocycles. The third-order valence-electron chi connectivity index (χ3n) is 2.59. The van der Waals surface area contributed by atoms with Gasteiger partial charge in [-0.05, 0) is 24.6 Å². The van der Waals surface area contributed by atoms with Gasteiger partial charge in [-0.2, -0.15) is 0 Å². The highest BCUT2D eigenvalue weighted by molar-refractivity contribution is 7.91. The minimum Gasteiger partial charge on any atom is -0.399 e. The van der Waals surface area contributed by atoms with E-state index >= 15 is 0 Å². The molecule has 0 aromatic heterocycles. The lowest BCUT2D eigenvalue weighted by Gasteiger charge is -2.13. The number of halogens is 1. The number of hydrogen-bond acceptors (Lipinski definition) is 4. The summed E-state index contributed by atoms with van der Waals surface area (Å²) in [7, 11) is -2.87. The highest BCUT2D eigenvalue weighted by Crippen LogP contribution is 2.26. The van der Waals surface area contributed by atoms with E-state index in [0.717, 1.165) is 5.69 Å². The van der Waals surface area contributed by atoms with Crippen LogP contribution >= 0.6 is 11.6 Å². The van der Waals surface area contributed by atoms with Crippen molar-refractivity contribution in [2.45, 2.75) is 12.5 Å². The maximum atomic E-state index is 11.3. The predicted molar refractivity (Wildman–Crippen MR) is 66.5 cm³/mol. The van der Waals surface area contributed by atoms with Crippen molar-refractivity contribution < 1.29 is 8.42 Å². The van der Waals surface area contributed by atoms with Crippen LogP contribution in [0.1, 0.15) is 6.42 Å². The number of nitrogen functional groups attached to an aromatic ring is 1. The Kier molecular flexibility index (Phi) is 2.99. The van der Waals surface area contributed by atoms with Gasteiger partial charge >= 0.3 is 0 Å². The molecule has 16 heavy (non-hydrogen) atoms. The molecule has 2 rings (SSSR count). The van der Waals surface area contributed by atoms with Gasteiger partial charge in [-0.1, -0.05) is 11.6 Å². The molecule has 3 N–H and O–H groups in total. The maximum Gasteiger partial charge on any atom is 0.152 e. The first-order chi connectivity index (χ1) is 7.46. The predicted octanol–water partition coefficient (Wildman–Crippen LogP) is 1.52. The number of benzene rings is 1. The van der Waals surface area contributed by atoms with Crippen molar-refractivity contribution in [3.8, 4) is 0 Å². The lowest BCUT2D eigenvalue weighted by molar-refractivity contribution is 0.602. The molecule has 1 fully saturated rings. The molecule has 0 radical (unpaired) electrons. The van der Waals surface area contributed by atoms with Crippen LogP contribution in [-0.2, 0) is 9.84 Å². The summed E-state index contributed by atoms with van der Waals surface area (Å²) in [4.78, 5) is 0. The van der Waals surface area contributed by atoms with E-state index in [1.54, 1.807) is 18.2 Å². The van der Waals surface area contributed by atoms with Crippen LogP contribution in [0, 0.1) is 0 Å². The molecule has 6 heteroatoms. The Labute approximate surface area is 99.7 Å². The number of hydrogen-bond donors (Lipinski definition) is 2. The van der Waals surface area contributed by atoms with E-state index in [-0.39, 0.29) is 17.5 Å². The summed E-state index contributed by atoms with van der Waals surface area (Å²) in [6, 6.07) is 5.10. The molecule has 0 amide bonds.